The summed E-state index contributed by atoms with van der Waals surface area (Å²) in [5, 5.41) is 13.5. The zero-order chi connectivity index (χ0) is 18.1. The molecular weight excluding hydrogens is 384 g/mol. The smallest absolute Gasteiger partial charge is 0.191 e. The van der Waals surface area contributed by atoms with E-state index in [2.05, 4.69) is 33.8 Å². The molecular formula is C19H17ClN4S2. The molecule has 132 valence electrons. The van der Waals surface area contributed by atoms with Gasteiger partial charge in [0.05, 0.1) is 16.2 Å². The number of halogens is 1. The van der Waals surface area contributed by atoms with Crippen LogP contribution < -0.4 is 0 Å². The highest BCUT2D eigenvalue weighted by Gasteiger charge is 2.14. The van der Waals surface area contributed by atoms with Crippen LogP contribution in [0.25, 0.3) is 10.9 Å². The topological polar surface area (TPSA) is 43.6 Å². The molecule has 0 aliphatic carbocycles. The Morgan fingerprint density at radius 3 is 2.81 bits per heavy atom. The summed E-state index contributed by atoms with van der Waals surface area (Å²) in [6.45, 7) is 2.04. The molecule has 0 saturated carbocycles. The molecule has 4 rings (SSSR count). The average molecular weight is 401 g/mol. The van der Waals surface area contributed by atoms with Crippen LogP contribution in [0, 0.1) is 6.92 Å². The van der Waals surface area contributed by atoms with E-state index in [4.69, 9.17) is 16.6 Å². The van der Waals surface area contributed by atoms with E-state index in [1.165, 1.54) is 4.88 Å². The van der Waals surface area contributed by atoms with Crippen molar-refractivity contribution in [2.75, 3.05) is 0 Å². The van der Waals surface area contributed by atoms with Crippen molar-refractivity contribution >= 4 is 45.6 Å². The molecule has 4 nitrogen and oxygen atoms in total. The van der Waals surface area contributed by atoms with Gasteiger partial charge in [-0.1, -0.05) is 47.6 Å². The number of benzene rings is 1. The molecule has 3 aromatic heterocycles. The standard InChI is InChI=1S/C19H17ClN4S2/c1-12-14-7-3-4-8-15(14)21-16(18(12)20)11-26-19-23-22-17(24(19)2)10-13-6-5-9-25-13/h3-9H,10-11H2,1-2H3. The van der Waals surface area contributed by atoms with Crippen molar-refractivity contribution < 1.29 is 0 Å². The molecule has 0 saturated heterocycles. The lowest BCUT2D eigenvalue weighted by Gasteiger charge is -2.09. The Morgan fingerprint density at radius 2 is 2.00 bits per heavy atom. The van der Waals surface area contributed by atoms with Crippen molar-refractivity contribution in [1.29, 1.82) is 0 Å². The lowest BCUT2D eigenvalue weighted by atomic mass is 10.1. The predicted molar refractivity (Wildman–Crippen MR) is 109 cm³/mol. The first kappa shape index (κ1) is 17.5. The predicted octanol–water partition coefficient (Wildman–Crippen LogP) is 5.27. The van der Waals surface area contributed by atoms with Crippen LogP contribution in [-0.4, -0.2) is 19.7 Å². The Morgan fingerprint density at radius 1 is 1.15 bits per heavy atom. The summed E-state index contributed by atoms with van der Waals surface area (Å²) in [6.07, 6.45) is 0.801. The van der Waals surface area contributed by atoms with E-state index in [9.17, 15) is 0 Å². The number of rotatable bonds is 5. The lowest BCUT2D eigenvalue weighted by molar-refractivity contribution is 0.750. The molecule has 0 fully saturated rings. The van der Waals surface area contributed by atoms with Gasteiger partial charge in [0.1, 0.15) is 5.82 Å². The Kier molecular flexibility index (Phi) is 4.98. The molecule has 0 unspecified atom stereocenters. The van der Waals surface area contributed by atoms with Gasteiger partial charge in [0.15, 0.2) is 5.16 Å². The third-order valence-corrected chi connectivity index (χ3v) is 6.73. The van der Waals surface area contributed by atoms with Crippen LogP contribution in [0.2, 0.25) is 5.02 Å². The van der Waals surface area contributed by atoms with E-state index >= 15 is 0 Å². The van der Waals surface area contributed by atoms with Crippen molar-refractivity contribution in [2.24, 2.45) is 7.05 Å². The van der Waals surface area contributed by atoms with Gasteiger partial charge < -0.3 is 4.57 Å². The average Bonchev–Trinajstić information content (AvgIpc) is 3.28. The van der Waals surface area contributed by atoms with E-state index in [-0.39, 0.29) is 0 Å². The summed E-state index contributed by atoms with van der Waals surface area (Å²) in [6, 6.07) is 12.3. The third kappa shape index (κ3) is 3.37. The fourth-order valence-electron chi connectivity index (χ4n) is 2.84. The van der Waals surface area contributed by atoms with Gasteiger partial charge in [0.2, 0.25) is 0 Å². The number of aryl methyl sites for hydroxylation is 1. The SMILES string of the molecule is Cc1c(Cl)c(CSc2nnc(Cc3cccs3)n2C)nc2ccccc12. The van der Waals surface area contributed by atoms with Crippen molar-refractivity contribution in [2.45, 2.75) is 24.3 Å². The minimum absolute atomic E-state index is 0.662. The van der Waals surface area contributed by atoms with Crippen molar-refractivity contribution in [3.05, 3.63) is 68.8 Å². The summed E-state index contributed by atoms with van der Waals surface area (Å²) in [5.74, 6) is 1.62. The van der Waals surface area contributed by atoms with Crippen molar-refractivity contribution in [3.63, 3.8) is 0 Å². The maximum absolute atomic E-state index is 6.56. The minimum atomic E-state index is 0.662. The summed E-state index contributed by atoms with van der Waals surface area (Å²) >= 11 is 9.91. The second kappa shape index (κ2) is 7.39. The Labute approximate surface area is 165 Å². The second-order valence-corrected chi connectivity index (χ2v) is 8.37. The fraction of sp³-hybridized carbons (Fsp3) is 0.211. The van der Waals surface area contributed by atoms with Gasteiger partial charge in [-0.15, -0.1) is 21.5 Å². The van der Waals surface area contributed by atoms with E-state index in [0.29, 0.717) is 5.75 Å². The number of thiophene rings is 1. The van der Waals surface area contributed by atoms with E-state index in [1.807, 2.05) is 36.7 Å². The Hall–Kier alpha value is -1.89. The molecule has 7 heteroatoms. The van der Waals surface area contributed by atoms with Crippen LogP contribution in [-0.2, 0) is 19.2 Å². The zero-order valence-electron chi connectivity index (χ0n) is 14.4. The first-order valence-corrected chi connectivity index (χ1v) is 10.4. The van der Waals surface area contributed by atoms with Crippen LogP contribution in [0.3, 0.4) is 0 Å². The van der Waals surface area contributed by atoms with Gasteiger partial charge in [0, 0.05) is 29.5 Å². The summed E-state index contributed by atoms with van der Waals surface area (Å²) in [7, 11) is 2.01. The first-order valence-electron chi connectivity index (χ1n) is 8.20. The number of hydrogen-bond acceptors (Lipinski definition) is 5. The highest BCUT2D eigenvalue weighted by atomic mass is 35.5. The summed E-state index contributed by atoms with van der Waals surface area (Å²) in [4.78, 5) is 6.02. The molecule has 0 atom stereocenters. The zero-order valence-corrected chi connectivity index (χ0v) is 16.8. The number of fused-ring (bicyclic) bond motifs is 1. The maximum Gasteiger partial charge on any atom is 0.191 e. The highest BCUT2D eigenvalue weighted by Crippen LogP contribution is 2.31. The van der Waals surface area contributed by atoms with Crippen LogP contribution >= 0.6 is 34.7 Å². The molecule has 0 radical (unpaired) electrons. The largest absolute Gasteiger partial charge is 0.309 e. The molecule has 0 spiro atoms. The monoisotopic (exact) mass is 400 g/mol. The first-order chi connectivity index (χ1) is 12.6. The van der Waals surface area contributed by atoms with Gasteiger partial charge >= 0.3 is 0 Å². The van der Waals surface area contributed by atoms with E-state index < -0.39 is 0 Å². The molecule has 0 aliphatic rings. The lowest BCUT2D eigenvalue weighted by Crippen LogP contribution is -2.00. The van der Waals surface area contributed by atoms with Crippen LogP contribution in [0.5, 0.6) is 0 Å². The molecule has 1 aromatic carbocycles. The normalized spacial score (nSPS) is 11.3. The van der Waals surface area contributed by atoms with Crippen molar-refractivity contribution in [3.8, 4) is 0 Å². The minimum Gasteiger partial charge on any atom is -0.309 e. The molecule has 4 aromatic rings. The fourth-order valence-corrected chi connectivity index (χ4v) is 4.70. The quantitative estimate of drug-likeness (QED) is 0.428. The number of pyridine rings is 1. The molecule has 0 N–H and O–H groups in total. The van der Waals surface area contributed by atoms with Gasteiger partial charge in [-0.25, -0.2) is 0 Å². The molecule has 0 bridgehead atoms. The van der Waals surface area contributed by atoms with Gasteiger partial charge in [-0.3, -0.25) is 4.98 Å². The van der Waals surface area contributed by atoms with Gasteiger partial charge in [-0.2, -0.15) is 0 Å². The molecule has 0 aliphatic heterocycles. The summed E-state index contributed by atoms with van der Waals surface area (Å²) < 4.78 is 2.05. The Balaban J connectivity index is 1.55. The number of para-hydroxylation sites is 1. The number of nitrogens with zero attached hydrogens (tertiary/aromatic N) is 4. The highest BCUT2D eigenvalue weighted by molar-refractivity contribution is 7.98. The van der Waals surface area contributed by atoms with E-state index in [1.54, 1.807) is 23.1 Å². The van der Waals surface area contributed by atoms with Gasteiger partial charge in [-0.05, 0) is 30.0 Å². The Bertz CT molecular complexity index is 1060. The third-order valence-electron chi connectivity index (χ3n) is 4.32. The van der Waals surface area contributed by atoms with Crippen molar-refractivity contribution in [1.82, 2.24) is 19.7 Å². The number of aromatic nitrogens is 4. The van der Waals surface area contributed by atoms with Crippen LogP contribution in [0.1, 0.15) is 22.0 Å². The molecule has 3 heterocycles. The van der Waals surface area contributed by atoms with E-state index in [0.717, 1.165) is 44.6 Å². The number of thioether (sulfide) groups is 1. The maximum atomic E-state index is 6.56. The number of hydrogen-bond donors (Lipinski definition) is 0. The van der Waals surface area contributed by atoms with Gasteiger partial charge in [0.25, 0.3) is 0 Å². The summed E-state index contributed by atoms with van der Waals surface area (Å²) in [5.41, 5.74) is 2.93. The van der Waals surface area contributed by atoms with Crippen LogP contribution in [0.15, 0.2) is 46.9 Å². The van der Waals surface area contributed by atoms with Crippen LogP contribution in [0.4, 0.5) is 0 Å². The second-order valence-electron chi connectivity index (χ2n) is 6.02. The molecule has 0 amide bonds. The molecule has 26 heavy (non-hydrogen) atoms.